The lowest BCUT2D eigenvalue weighted by Crippen LogP contribution is -2.49. The highest BCUT2D eigenvalue weighted by Crippen LogP contribution is 2.21. The van der Waals surface area contributed by atoms with Gasteiger partial charge < -0.3 is 5.32 Å². The summed E-state index contributed by atoms with van der Waals surface area (Å²) in [6, 6.07) is 2.15. The van der Waals surface area contributed by atoms with Gasteiger partial charge in [0.2, 0.25) is 0 Å². The summed E-state index contributed by atoms with van der Waals surface area (Å²) < 4.78 is 0. The lowest BCUT2D eigenvalue weighted by atomic mass is 10.1. The summed E-state index contributed by atoms with van der Waals surface area (Å²) in [7, 11) is 0. The second-order valence-electron chi connectivity index (χ2n) is 4.54. The molecular formula is C12H26N2. The molecule has 1 fully saturated rings. The lowest BCUT2D eigenvalue weighted by molar-refractivity contribution is 0.161. The van der Waals surface area contributed by atoms with Gasteiger partial charge in [-0.15, -0.1) is 0 Å². The quantitative estimate of drug-likeness (QED) is 0.729. The van der Waals surface area contributed by atoms with Gasteiger partial charge in [0.15, 0.2) is 0 Å². The monoisotopic (exact) mass is 198 g/mol. The number of rotatable bonds is 5. The minimum Gasteiger partial charge on any atom is -0.313 e. The van der Waals surface area contributed by atoms with Crippen LogP contribution in [-0.4, -0.2) is 36.1 Å². The Labute approximate surface area is 89.1 Å². The van der Waals surface area contributed by atoms with Crippen LogP contribution in [0.2, 0.25) is 0 Å². The molecule has 0 aliphatic carbocycles. The molecule has 2 nitrogen and oxygen atoms in total. The van der Waals surface area contributed by atoms with Gasteiger partial charge in [-0.05, 0) is 46.2 Å². The average molecular weight is 198 g/mol. The average Bonchev–Trinajstić information content (AvgIpc) is 2.59. The van der Waals surface area contributed by atoms with Gasteiger partial charge in [0.25, 0.3) is 0 Å². The van der Waals surface area contributed by atoms with E-state index in [4.69, 9.17) is 0 Å². The van der Waals surface area contributed by atoms with Crippen LogP contribution in [0.4, 0.5) is 0 Å². The van der Waals surface area contributed by atoms with Crippen molar-refractivity contribution in [1.29, 1.82) is 0 Å². The molecule has 1 saturated heterocycles. The number of hydrogen-bond donors (Lipinski definition) is 1. The Kier molecular flexibility index (Phi) is 4.90. The molecular weight excluding hydrogens is 172 g/mol. The van der Waals surface area contributed by atoms with E-state index in [9.17, 15) is 0 Å². The zero-order valence-corrected chi connectivity index (χ0v) is 10.2. The lowest BCUT2D eigenvalue weighted by Gasteiger charge is -2.34. The highest BCUT2D eigenvalue weighted by molar-refractivity contribution is 4.86. The van der Waals surface area contributed by atoms with Crippen LogP contribution in [0.3, 0.4) is 0 Å². The largest absolute Gasteiger partial charge is 0.313 e. The fourth-order valence-corrected chi connectivity index (χ4v) is 2.71. The summed E-state index contributed by atoms with van der Waals surface area (Å²) in [6.07, 6.45) is 4.00. The van der Waals surface area contributed by atoms with Gasteiger partial charge in [-0.1, -0.05) is 13.8 Å². The third-order valence-electron chi connectivity index (χ3n) is 3.62. The standard InChI is InChI=1S/C12H26N2/c1-5-12(13-6-2)11(4)14-9-7-8-10(14)3/h10-13H,5-9H2,1-4H3. The molecule has 0 bridgehead atoms. The van der Waals surface area contributed by atoms with E-state index >= 15 is 0 Å². The van der Waals surface area contributed by atoms with E-state index in [1.807, 2.05) is 0 Å². The van der Waals surface area contributed by atoms with Crippen molar-refractivity contribution < 1.29 is 0 Å². The molecule has 1 aliphatic rings. The second-order valence-corrected chi connectivity index (χ2v) is 4.54. The van der Waals surface area contributed by atoms with E-state index in [1.165, 1.54) is 25.8 Å². The van der Waals surface area contributed by atoms with Crippen molar-refractivity contribution in [3.8, 4) is 0 Å². The van der Waals surface area contributed by atoms with Crippen LogP contribution in [0, 0.1) is 0 Å². The molecule has 0 saturated carbocycles. The molecule has 0 aromatic carbocycles. The molecule has 0 amide bonds. The first kappa shape index (κ1) is 12.0. The molecule has 84 valence electrons. The number of hydrogen-bond acceptors (Lipinski definition) is 2. The molecule has 2 heteroatoms. The number of nitrogens with zero attached hydrogens (tertiary/aromatic N) is 1. The topological polar surface area (TPSA) is 15.3 Å². The van der Waals surface area contributed by atoms with Gasteiger partial charge in [0.1, 0.15) is 0 Å². The van der Waals surface area contributed by atoms with E-state index in [-0.39, 0.29) is 0 Å². The Morgan fingerprint density at radius 1 is 1.43 bits per heavy atom. The summed E-state index contributed by atoms with van der Waals surface area (Å²) in [4.78, 5) is 2.66. The third kappa shape index (κ3) is 2.71. The van der Waals surface area contributed by atoms with Gasteiger partial charge in [-0.3, -0.25) is 4.90 Å². The third-order valence-corrected chi connectivity index (χ3v) is 3.62. The van der Waals surface area contributed by atoms with Gasteiger partial charge in [-0.25, -0.2) is 0 Å². The van der Waals surface area contributed by atoms with Gasteiger partial charge in [0.05, 0.1) is 0 Å². The van der Waals surface area contributed by atoms with Crippen molar-refractivity contribution in [3.63, 3.8) is 0 Å². The van der Waals surface area contributed by atoms with Crippen LogP contribution >= 0.6 is 0 Å². The zero-order chi connectivity index (χ0) is 10.6. The molecule has 1 N–H and O–H groups in total. The van der Waals surface area contributed by atoms with Crippen LogP contribution in [-0.2, 0) is 0 Å². The highest BCUT2D eigenvalue weighted by Gasteiger charge is 2.28. The minimum absolute atomic E-state index is 0.667. The van der Waals surface area contributed by atoms with Crippen LogP contribution < -0.4 is 5.32 Å². The smallest absolute Gasteiger partial charge is 0.0223 e. The highest BCUT2D eigenvalue weighted by atomic mass is 15.2. The zero-order valence-electron chi connectivity index (χ0n) is 10.2. The van der Waals surface area contributed by atoms with Crippen molar-refractivity contribution in [1.82, 2.24) is 10.2 Å². The first-order valence-corrected chi connectivity index (χ1v) is 6.19. The fraction of sp³-hybridized carbons (Fsp3) is 1.00. The van der Waals surface area contributed by atoms with Crippen molar-refractivity contribution in [2.75, 3.05) is 13.1 Å². The molecule has 1 heterocycles. The minimum atomic E-state index is 0.667. The molecule has 1 rings (SSSR count). The first-order chi connectivity index (χ1) is 6.70. The molecule has 3 atom stereocenters. The van der Waals surface area contributed by atoms with E-state index < -0.39 is 0 Å². The molecule has 0 radical (unpaired) electrons. The van der Waals surface area contributed by atoms with Crippen LogP contribution in [0.25, 0.3) is 0 Å². The van der Waals surface area contributed by atoms with Crippen molar-refractivity contribution in [2.45, 2.75) is 65.1 Å². The predicted octanol–water partition coefficient (Wildman–Crippen LogP) is 2.25. The Balaban J connectivity index is 2.48. The van der Waals surface area contributed by atoms with Crippen molar-refractivity contribution >= 4 is 0 Å². The molecule has 1 aliphatic heterocycles. The van der Waals surface area contributed by atoms with E-state index in [0.717, 1.165) is 12.6 Å². The summed E-state index contributed by atoms with van der Waals surface area (Å²) in [5.41, 5.74) is 0. The normalized spacial score (nSPS) is 27.9. The van der Waals surface area contributed by atoms with Crippen LogP contribution in [0.5, 0.6) is 0 Å². The number of likely N-dealkylation sites (N-methyl/N-ethyl adjacent to an activating group) is 1. The molecule has 3 unspecified atom stereocenters. The SMILES string of the molecule is CCNC(CC)C(C)N1CCCC1C. The molecule has 0 aromatic heterocycles. The van der Waals surface area contributed by atoms with Crippen molar-refractivity contribution in [2.24, 2.45) is 0 Å². The van der Waals surface area contributed by atoms with E-state index in [0.29, 0.717) is 12.1 Å². The fourth-order valence-electron chi connectivity index (χ4n) is 2.71. The number of nitrogens with one attached hydrogen (secondary N) is 1. The summed E-state index contributed by atoms with van der Waals surface area (Å²) in [5.74, 6) is 0. The van der Waals surface area contributed by atoms with Crippen LogP contribution in [0.1, 0.15) is 47.0 Å². The van der Waals surface area contributed by atoms with Crippen LogP contribution in [0.15, 0.2) is 0 Å². The first-order valence-electron chi connectivity index (χ1n) is 6.19. The predicted molar refractivity (Wildman–Crippen MR) is 62.6 cm³/mol. The van der Waals surface area contributed by atoms with Gasteiger partial charge >= 0.3 is 0 Å². The Morgan fingerprint density at radius 2 is 2.14 bits per heavy atom. The Morgan fingerprint density at radius 3 is 2.57 bits per heavy atom. The Bertz CT molecular complexity index is 158. The molecule has 0 spiro atoms. The maximum atomic E-state index is 3.59. The van der Waals surface area contributed by atoms with Gasteiger partial charge in [0, 0.05) is 18.1 Å². The maximum Gasteiger partial charge on any atom is 0.0223 e. The summed E-state index contributed by atoms with van der Waals surface area (Å²) in [6.45, 7) is 11.6. The van der Waals surface area contributed by atoms with E-state index in [1.54, 1.807) is 0 Å². The molecule has 14 heavy (non-hydrogen) atoms. The summed E-state index contributed by atoms with van der Waals surface area (Å²) >= 11 is 0. The van der Waals surface area contributed by atoms with E-state index in [2.05, 4.69) is 37.9 Å². The number of likely N-dealkylation sites (tertiary alicyclic amines) is 1. The summed E-state index contributed by atoms with van der Waals surface area (Å²) in [5, 5.41) is 3.59. The van der Waals surface area contributed by atoms with Crippen molar-refractivity contribution in [3.05, 3.63) is 0 Å². The second kappa shape index (κ2) is 5.72. The maximum absolute atomic E-state index is 3.59. The Hall–Kier alpha value is -0.0800. The van der Waals surface area contributed by atoms with Gasteiger partial charge in [-0.2, -0.15) is 0 Å². The molecule has 0 aromatic rings.